The van der Waals surface area contributed by atoms with Crippen molar-refractivity contribution in [2.45, 2.75) is 18.9 Å². The molecule has 1 fully saturated rings. The predicted molar refractivity (Wildman–Crippen MR) is 61.8 cm³/mol. The summed E-state index contributed by atoms with van der Waals surface area (Å²) in [6.07, 6.45) is 6.04. The second kappa shape index (κ2) is 4.06. The smallest absolute Gasteiger partial charge is 0.0939 e. The Morgan fingerprint density at radius 1 is 1.38 bits per heavy atom. The lowest BCUT2D eigenvalue weighted by molar-refractivity contribution is 0.625. The van der Waals surface area contributed by atoms with Crippen molar-refractivity contribution in [3.63, 3.8) is 0 Å². The summed E-state index contributed by atoms with van der Waals surface area (Å²) in [7, 11) is 0. The van der Waals surface area contributed by atoms with Crippen LogP contribution < -0.4 is 5.32 Å². The van der Waals surface area contributed by atoms with Crippen molar-refractivity contribution < 1.29 is 0 Å². The first kappa shape index (κ1) is 9.54. The first-order valence-corrected chi connectivity index (χ1v) is 5.62. The minimum Gasteiger partial charge on any atom is -0.309 e. The fourth-order valence-corrected chi connectivity index (χ4v) is 2.13. The molecule has 0 radical (unpaired) electrons. The van der Waals surface area contributed by atoms with Crippen molar-refractivity contribution in [3.8, 4) is 11.3 Å². The topological polar surface area (TPSA) is 53.6 Å². The second-order valence-electron chi connectivity index (χ2n) is 4.10. The third kappa shape index (κ3) is 1.72. The van der Waals surface area contributed by atoms with Crippen LogP contribution in [0.15, 0.2) is 30.6 Å². The van der Waals surface area contributed by atoms with Crippen LogP contribution in [0.4, 0.5) is 0 Å². The van der Waals surface area contributed by atoms with Gasteiger partial charge in [-0.1, -0.05) is 0 Å². The molecule has 0 saturated carbocycles. The zero-order chi connectivity index (χ0) is 10.8. The number of aromatic nitrogens is 3. The van der Waals surface area contributed by atoms with Gasteiger partial charge in [-0.2, -0.15) is 5.10 Å². The van der Waals surface area contributed by atoms with E-state index in [0.29, 0.717) is 6.04 Å². The normalized spacial score (nSPS) is 20.1. The van der Waals surface area contributed by atoms with Gasteiger partial charge in [0, 0.05) is 24.0 Å². The Morgan fingerprint density at radius 3 is 3.12 bits per heavy atom. The molecule has 0 spiro atoms. The van der Waals surface area contributed by atoms with Crippen molar-refractivity contribution in [1.29, 1.82) is 0 Å². The Balaban J connectivity index is 1.87. The van der Waals surface area contributed by atoms with Crippen LogP contribution in [-0.4, -0.2) is 21.7 Å². The highest BCUT2D eigenvalue weighted by molar-refractivity contribution is 5.57. The van der Waals surface area contributed by atoms with Crippen LogP contribution in [0.1, 0.15) is 24.6 Å². The largest absolute Gasteiger partial charge is 0.309 e. The molecule has 3 heterocycles. The van der Waals surface area contributed by atoms with Crippen LogP contribution in [0.2, 0.25) is 0 Å². The summed E-state index contributed by atoms with van der Waals surface area (Å²) in [5.74, 6) is 0. The summed E-state index contributed by atoms with van der Waals surface area (Å²) in [6.45, 7) is 1.10. The van der Waals surface area contributed by atoms with Gasteiger partial charge in [-0.05, 0) is 37.6 Å². The molecule has 0 aliphatic carbocycles. The minimum absolute atomic E-state index is 0.443. The molecule has 1 unspecified atom stereocenters. The lowest BCUT2D eigenvalue weighted by Gasteiger charge is -2.05. The van der Waals surface area contributed by atoms with Crippen LogP contribution in [0.3, 0.4) is 0 Å². The molecular formula is C12H14N4. The van der Waals surface area contributed by atoms with Crippen molar-refractivity contribution in [2.75, 3.05) is 6.54 Å². The van der Waals surface area contributed by atoms with E-state index in [9.17, 15) is 0 Å². The first-order valence-electron chi connectivity index (χ1n) is 5.62. The van der Waals surface area contributed by atoms with E-state index >= 15 is 0 Å². The lowest BCUT2D eigenvalue weighted by Crippen LogP contribution is -2.12. The van der Waals surface area contributed by atoms with Gasteiger partial charge >= 0.3 is 0 Å². The lowest BCUT2D eigenvalue weighted by atomic mass is 10.1. The van der Waals surface area contributed by atoms with Crippen LogP contribution >= 0.6 is 0 Å². The molecule has 2 aromatic rings. The van der Waals surface area contributed by atoms with Crippen LogP contribution in [-0.2, 0) is 0 Å². The summed E-state index contributed by atoms with van der Waals surface area (Å²) in [4.78, 5) is 4.10. The Bertz CT molecular complexity index is 457. The standard InChI is InChI=1S/C12H14N4/c1-3-9(8-13-5-1)11-7-12(16-15-11)10-4-2-6-14-10/h1,3,5,7-8,10,14H,2,4,6H2,(H,15,16). The van der Waals surface area contributed by atoms with Gasteiger partial charge < -0.3 is 5.32 Å². The number of hydrogen-bond acceptors (Lipinski definition) is 3. The quantitative estimate of drug-likeness (QED) is 0.802. The molecule has 2 N–H and O–H groups in total. The van der Waals surface area contributed by atoms with E-state index < -0.39 is 0 Å². The molecule has 0 bridgehead atoms. The molecule has 82 valence electrons. The highest BCUT2D eigenvalue weighted by atomic mass is 15.1. The molecule has 1 atom stereocenters. The zero-order valence-electron chi connectivity index (χ0n) is 8.98. The molecule has 4 heteroatoms. The summed E-state index contributed by atoms with van der Waals surface area (Å²) in [5, 5.41) is 10.9. The molecule has 1 aliphatic heterocycles. The molecule has 0 amide bonds. The highest BCUT2D eigenvalue weighted by Crippen LogP contribution is 2.24. The Kier molecular flexibility index (Phi) is 2.42. The number of hydrogen-bond donors (Lipinski definition) is 2. The van der Waals surface area contributed by atoms with Gasteiger partial charge in [0.25, 0.3) is 0 Å². The van der Waals surface area contributed by atoms with Gasteiger partial charge in [0.2, 0.25) is 0 Å². The SMILES string of the molecule is c1cncc(-c2cc(C3CCCN3)[nH]n2)c1. The maximum Gasteiger partial charge on any atom is 0.0939 e. The third-order valence-corrected chi connectivity index (χ3v) is 2.99. The summed E-state index contributed by atoms with van der Waals surface area (Å²) in [6, 6.07) is 6.50. The number of nitrogens with zero attached hydrogens (tertiary/aromatic N) is 2. The van der Waals surface area contributed by atoms with Gasteiger partial charge in [-0.15, -0.1) is 0 Å². The van der Waals surface area contributed by atoms with Crippen LogP contribution in [0, 0.1) is 0 Å². The van der Waals surface area contributed by atoms with E-state index in [0.717, 1.165) is 17.8 Å². The van der Waals surface area contributed by atoms with E-state index in [4.69, 9.17) is 0 Å². The molecular weight excluding hydrogens is 200 g/mol. The highest BCUT2D eigenvalue weighted by Gasteiger charge is 2.18. The van der Waals surface area contributed by atoms with Gasteiger partial charge in [-0.3, -0.25) is 10.1 Å². The average Bonchev–Trinajstić information content (AvgIpc) is 3.01. The fourth-order valence-electron chi connectivity index (χ4n) is 2.13. The number of H-pyrrole nitrogens is 1. The van der Waals surface area contributed by atoms with E-state index in [1.54, 1.807) is 6.20 Å². The molecule has 4 nitrogen and oxygen atoms in total. The minimum atomic E-state index is 0.443. The molecule has 1 saturated heterocycles. The van der Waals surface area contributed by atoms with Gasteiger partial charge in [0.05, 0.1) is 11.4 Å². The predicted octanol–water partition coefficient (Wildman–Crippen LogP) is 1.90. The number of nitrogens with one attached hydrogen (secondary N) is 2. The summed E-state index contributed by atoms with van der Waals surface area (Å²) < 4.78 is 0. The number of rotatable bonds is 2. The second-order valence-corrected chi connectivity index (χ2v) is 4.10. The summed E-state index contributed by atoms with van der Waals surface area (Å²) >= 11 is 0. The summed E-state index contributed by atoms with van der Waals surface area (Å²) in [5.41, 5.74) is 3.20. The van der Waals surface area contributed by atoms with Gasteiger partial charge in [0.1, 0.15) is 0 Å². The van der Waals surface area contributed by atoms with Gasteiger partial charge in [0.15, 0.2) is 0 Å². The Hall–Kier alpha value is -1.68. The fraction of sp³-hybridized carbons (Fsp3) is 0.333. The Labute approximate surface area is 94.1 Å². The molecule has 3 rings (SSSR count). The maximum absolute atomic E-state index is 4.33. The van der Waals surface area contributed by atoms with Crippen molar-refractivity contribution in [3.05, 3.63) is 36.3 Å². The number of pyridine rings is 1. The van der Waals surface area contributed by atoms with E-state index in [-0.39, 0.29) is 0 Å². The first-order chi connectivity index (χ1) is 7.93. The van der Waals surface area contributed by atoms with Gasteiger partial charge in [-0.25, -0.2) is 0 Å². The molecule has 1 aliphatic rings. The van der Waals surface area contributed by atoms with E-state index in [1.807, 2.05) is 18.3 Å². The zero-order valence-corrected chi connectivity index (χ0v) is 8.98. The Morgan fingerprint density at radius 2 is 2.38 bits per heavy atom. The van der Waals surface area contributed by atoms with Crippen LogP contribution in [0.5, 0.6) is 0 Å². The van der Waals surface area contributed by atoms with Crippen molar-refractivity contribution in [2.24, 2.45) is 0 Å². The van der Waals surface area contributed by atoms with E-state index in [1.165, 1.54) is 18.5 Å². The molecule has 16 heavy (non-hydrogen) atoms. The maximum atomic E-state index is 4.33. The monoisotopic (exact) mass is 214 g/mol. The number of aromatic amines is 1. The molecule has 0 aromatic carbocycles. The average molecular weight is 214 g/mol. The van der Waals surface area contributed by atoms with Crippen molar-refractivity contribution >= 4 is 0 Å². The van der Waals surface area contributed by atoms with Crippen molar-refractivity contribution in [1.82, 2.24) is 20.5 Å². The van der Waals surface area contributed by atoms with Crippen LogP contribution in [0.25, 0.3) is 11.3 Å². The molecule has 2 aromatic heterocycles. The van der Waals surface area contributed by atoms with E-state index in [2.05, 4.69) is 26.6 Å². The third-order valence-electron chi connectivity index (χ3n) is 2.99.